The van der Waals surface area contributed by atoms with Gasteiger partial charge in [-0.1, -0.05) is 30.3 Å². The van der Waals surface area contributed by atoms with Crippen LogP contribution in [0.25, 0.3) is 11.4 Å². The second-order valence-electron chi connectivity index (χ2n) is 8.99. The summed E-state index contributed by atoms with van der Waals surface area (Å²) in [5, 5.41) is 8.54. The van der Waals surface area contributed by atoms with Crippen molar-refractivity contribution in [1.29, 1.82) is 0 Å². The van der Waals surface area contributed by atoms with E-state index in [1.807, 2.05) is 30.3 Å². The number of hydrogen-bond donors (Lipinski definition) is 3. The fraction of sp³-hybridized carbons (Fsp3) is 0.480. The number of nitrogens with zero attached hydrogens (tertiary/aromatic N) is 4. The highest BCUT2D eigenvalue weighted by Gasteiger charge is 2.34. The lowest BCUT2D eigenvalue weighted by Crippen LogP contribution is -2.46. The van der Waals surface area contributed by atoms with Crippen molar-refractivity contribution in [2.75, 3.05) is 49.9 Å². The van der Waals surface area contributed by atoms with Crippen LogP contribution < -0.4 is 16.0 Å². The van der Waals surface area contributed by atoms with E-state index < -0.39 is 11.8 Å². The minimum Gasteiger partial charge on any atom is -0.368 e. The van der Waals surface area contributed by atoms with Crippen molar-refractivity contribution in [2.24, 2.45) is 0 Å². The third kappa shape index (κ3) is 6.75. The molecule has 0 bridgehead atoms. The van der Waals surface area contributed by atoms with Gasteiger partial charge < -0.3 is 25.8 Å². The highest BCUT2D eigenvalue weighted by molar-refractivity contribution is 6.39. The summed E-state index contributed by atoms with van der Waals surface area (Å²) in [7, 11) is 0. The lowest BCUT2D eigenvalue weighted by atomic mass is 10.2. The maximum atomic E-state index is 13.0. The molecule has 35 heavy (non-hydrogen) atoms. The molecular formula is C25H33N7O3. The maximum Gasteiger partial charge on any atom is 0.315 e. The van der Waals surface area contributed by atoms with Crippen molar-refractivity contribution in [3.8, 4) is 11.4 Å². The summed E-state index contributed by atoms with van der Waals surface area (Å²) in [5.74, 6) is -0.177. The number of hydrogen-bond acceptors (Lipinski definition) is 7. The summed E-state index contributed by atoms with van der Waals surface area (Å²) >= 11 is 0. The van der Waals surface area contributed by atoms with Crippen molar-refractivity contribution >= 4 is 29.4 Å². The molecule has 2 aromatic rings. The van der Waals surface area contributed by atoms with Gasteiger partial charge >= 0.3 is 11.8 Å². The Kier molecular flexibility index (Phi) is 8.25. The van der Waals surface area contributed by atoms with Crippen LogP contribution in [0.4, 0.5) is 11.6 Å². The molecule has 10 nitrogen and oxygen atoms in total. The molecule has 3 amide bonds. The van der Waals surface area contributed by atoms with Gasteiger partial charge in [0.25, 0.3) is 0 Å². The van der Waals surface area contributed by atoms with E-state index in [2.05, 4.69) is 30.8 Å². The van der Waals surface area contributed by atoms with Crippen LogP contribution in [-0.2, 0) is 14.4 Å². The molecule has 2 saturated heterocycles. The number of rotatable bonds is 8. The molecule has 0 saturated carbocycles. The topological polar surface area (TPSA) is 120 Å². The zero-order valence-corrected chi connectivity index (χ0v) is 20.1. The van der Waals surface area contributed by atoms with Crippen LogP contribution in [0.5, 0.6) is 0 Å². The maximum absolute atomic E-state index is 13.0. The predicted molar refractivity (Wildman–Crippen MR) is 134 cm³/mol. The largest absolute Gasteiger partial charge is 0.368 e. The minimum absolute atomic E-state index is 0.0719. The third-order valence-corrected chi connectivity index (χ3v) is 6.30. The number of nitrogens with one attached hydrogen (secondary N) is 3. The average molecular weight is 480 g/mol. The summed E-state index contributed by atoms with van der Waals surface area (Å²) in [6.07, 6.45) is 4.22. The Labute approximate surface area is 205 Å². The zero-order chi connectivity index (χ0) is 24.6. The van der Waals surface area contributed by atoms with E-state index in [9.17, 15) is 14.4 Å². The molecule has 3 N–H and O–H groups in total. The number of benzene rings is 1. The zero-order valence-electron chi connectivity index (χ0n) is 20.1. The van der Waals surface area contributed by atoms with Gasteiger partial charge in [0.2, 0.25) is 5.91 Å². The molecule has 4 rings (SSSR count). The van der Waals surface area contributed by atoms with Crippen molar-refractivity contribution in [3.05, 3.63) is 36.4 Å². The van der Waals surface area contributed by atoms with E-state index in [1.54, 1.807) is 11.0 Å². The Hall–Kier alpha value is -3.53. The summed E-state index contributed by atoms with van der Waals surface area (Å²) in [6, 6.07) is 11.1. The van der Waals surface area contributed by atoms with E-state index in [0.717, 1.165) is 38.0 Å². The Morgan fingerprint density at radius 1 is 0.971 bits per heavy atom. The predicted octanol–water partition coefficient (Wildman–Crippen LogP) is 1.72. The van der Waals surface area contributed by atoms with E-state index in [0.29, 0.717) is 31.3 Å². The normalized spacial score (nSPS) is 17.9. The fourth-order valence-electron chi connectivity index (χ4n) is 4.60. The molecule has 2 fully saturated rings. The summed E-state index contributed by atoms with van der Waals surface area (Å²) in [6.45, 7) is 5.87. The quantitative estimate of drug-likeness (QED) is 0.390. The first-order valence-corrected chi connectivity index (χ1v) is 12.3. The first-order chi connectivity index (χ1) is 17.0. The van der Waals surface area contributed by atoms with Crippen LogP contribution in [0.1, 0.15) is 32.6 Å². The Bertz CT molecular complexity index is 1040. The van der Waals surface area contributed by atoms with E-state index in [-0.39, 0.29) is 17.8 Å². The molecule has 1 atom stereocenters. The Morgan fingerprint density at radius 2 is 1.71 bits per heavy atom. The standard InChI is InChI=1S/C25H33N7O3/c1-18(33)26-11-12-27-21-16-22(29-23(28-21)19-8-3-2-4-9-19)30-24(34)25(35)32-15-7-10-20(32)17-31-13-5-6-14-31/h2-4,8-9,16,20H,5-7,10-15,17H2,1H3,(H,26,33)(H2,27,28,29,30,34). The first kappa shape index (κ1) is 24.6. The molecule has 3 heterocycles. The summed E-state index contributed by atoms with van der Waals surface area (Å²) < 4.78 is 0. The Morgan fingerprint density at radius 3 is 2.46 bits per heavy atom. The van der Waals surface area contributed by atoms with Gasteiger partial charge in [0, 0.05) is 50.8 Å². The number of anilines is 2. The second-order valence-corrected chi connectivity index (χ2v) is 8.99. The van der Waals surface area contributed by atoms with Crippen molar-refractivity contribution in [3.63, 3.8) is 0 Å². The highest BCUT2D eigenvalue weighted by atomic mass is 16.2. The van der Waals surface area contributed by atoms with Gasteiger partial charge in [-0.2, -0.15) is 0 Å². The smallest absolute Gasteiger partial charge is 0.315 e. The lowest BCUT2D eigenvalue weighted by Gasteiger charge is -2.28. The highest BCUT2D eigenvalue weighted by Crippen LogP contribution is 2.22. The number of carbonyl (C=O) groups is 3. The fourth-order valence-corrected chi connectivity index (χ4v) is 4.60. The van der Waals surface area contributed by atoms with Gasteiger partial charge in [0.15, 0.2) is 5.82 Å². The molecule has 2 aliphatic rings. The second kappa shape index (κ2) is 11.7. The number of carbonyl (C=O) groups excluding carboxylic acids is 3. The van der Waals surface area contributed by atoms with Crippen LogP contribution in [0, 0.1) is 0 Å². The molecule has 2 aliphatic heterocycles. The van der Waals surface area contributed by atoms with Gasteiger partial charge in [-0.05, 0) is 38.8 Å². The monoisotopic (exact) mass is 479 g/mol. The van der Waals surface area contributed by atoms with E-state index >= 15 is 0 Å². The van der Waals surface area contributed by atoms with Crippen molar-refractivity contribution in [2.45, 2.75) is 38.6 Å². The molecule has 1 aromatic heterocycles. The summed E-state index contributed by atoms with van der Waals surface area (Å²) in [4.78, 5) is 50.2. The minimum atomic E-state index is -0.694. The molecule has 0 spiro atoms. The van der Waals surface area contributed by atoms with E-state index in [4.69, 9.17) is 0 Å². The molecule has 186 valence electrons. The van der Waals surface area contributed by atoms with Crippen LogP contribution >= 0.6 is 0 Å². The number of aromatic nitrogens is 2. The van der Waals surface area contributed by atoms with Crippen LogP contribution in [0.3, 0.4) is 0 Å². The van der Waals surface area contributed by atoms with Gasteiger partial charge in [0.05, 0.1) is 0 Å². The van der Waals surface area contributed by atoms with Gasteiger partial charge in [0.1, 0.15) is 11.6 Å². The van der Waals surface area contributed by atoms with Gasteiger partial charge in [-0.25, -0.2) is 9.97 Å². The molecule has 0 aliphatic carbocycles. The van der Waals surface area contributed by atoms with Gasteiger partial charge in [-0.3, -0.25) is 14.4 Å². The SMILES string of the molecule is CC(=O)NCCNc1cc(NC(=O)C(=O)N2CCCC2CN2CCCC2)nc(-c2ccccc2)n1. The van der Waals surface area contributed by atoms with E-state index in [1.165, 1.54) is 19.8 Å². The molecule has 0 radical (unpaired) electrons. The molecule has 1 unspecified atom stereocenters. The van der Waals surface area contributed by atoms with Crippen LogP contribution in [-0.4, -0.2) is 82.8 Å². The number of likely N-dealkylation sites (tertiary alicyclic amines) is 2. The van der Waals surface area contributed by atoms with Crippen molar-refractivity contribution < 1.29 is 14.4 Å². The Balaban J connectivity index is 1.46. The number of amides is 3. The third-order valence-electron chi connectivity index (χ3n) is 6.30. The first-order valence-electron chi connectivity index (χ1n) is 12.3. The molecular weight excluding hydrogens is 446 g/mol. The summed E-state index contributed by atoms with van der Waals surface area (Å²) in [5.41, 5.74) is 0.782. The molecule has 10 heteroatoms. The lowest BCUT2D eigenvalue weighted by molar-refractivity contribution is -0.143. The van der Waals surface area contributed by atoms with Gasteiger partial charge in [-0.15, -0.1) is 0 Å². The average Bonchev–Trinajstić information content (AvgIpc) is 3.54. The molecule has 1 aromatic carbocycles. The van der Waals surface area contributed by atoms with Crippen LogP contribution in [0.2, 0.25) is 0 Å². The van der Waals surface area contributed by atoms with Crippen molar-refractivity contribution in [1.82, 2.24) is 25.1 Å². The van der Waals surface area contributed by atoms with Crippen LogP contribution in [0.15, 0.2) is 36.4 Å².